The predicted molar refractivity (Wildman–Crippen MR) is 151 cm³/mol. The third-order valence-corrected chi connectivity index (χ3v) is 9.38. The Morgan fingerprint density at radius 1 is 1.17 bits per heavy atom. The Kier molecular flexibility index (Phi) is 6.79. The van der Waals surface area contributed by atoms with Crippen LogP contribution in [0.3, 0.4) is 0 Å². The molecule has 1 aliphatic heterocycles. The highest BCUT2D eigenvalue weighted by molar-refractivity contribution is 6.24. The van der Waals surface area contributed by atoms with Crippen LogP contribution in [0, 0.1) is 11.8 Å². The molecule has 0 radical (unpaired) electrons. The third kappa shape index (κ3) is 4.10. The molecule has 8 N–H and O–H groups in total. The number of ether oxygens (including phenoxy) is 1. The number of aliphatic hydroxyl groups excluding tert-OH is 2. The van der Waals surface area contributed by atoms with E-state index in [1.54, 1.807) is 6.07 Å². The summed E-state index contributed by atoms with van der Waals surface area (Å²) in [6.45, 7) is 5.05. The molecule has 1 saturated heterocycles. The number of carbonyl (C=O) groups excluding carboxylic acids is 3. The van der Waals surface area contributed by atoms with E-state index in [-0.39, 0.29) is 41.7 Å². The number of Topliss-reactive ketones (excluding diaryl/α,β-unsaturated/α-hetero) is 2. The number of hydrogen-bond donors (Lipinski definition) is 7. The number of fused-ring (bicyclic) bond motifs is 3. The Morgan fingerprint density at radius 3 is 2.52 bits per heavy atom. The summed E-state index contributed by atoms with van der Waals surface area (Å²) in [7, 11) is 0. The predicted octanol–water partition coefficient (Wildman–Crippen LogP) is 2.29. The van der Waals surface area contributed by atoms with Gasteiger partial charge in [0.15, 0.2) is 11.4 Å². The number of benzene rings is 1. The molecule has 4 atom stereocenters. The SMILES string of the molecule is CC(C)c1c[nH]c(-c2ccc(O)c3c2C[C@H]2C[C@H]4[C@@H](NC5CCOCC5)C(=O)C(C(N)=O)=C(O)[C@@]4(O)C(=O)C2=C3O)c1. The van der Waals surface area contributed by atoms with E-state index in [9.17, 15) is 34.8 Å². The number of rotatable bonds is 5. The van der Waals surface area contributed by atoms with Crippen molar-refractivity contribution >= 4 is 23.2 Å². The highest BCUT2D eigenvalue weighted by atomic mass is 16.5. The van der Waals surface area contributed by atoms with Gasteiger partial charge < -0.3 is 41.2 Å². The fourth-order valence-electron chi connectivity index (χ4n) is 7.14. The zero-order chi connectivity index (χ0) is 30.1. The molecule has 1 amide bonds. The Bertz CT molecular complexity index is 1560. The van der Waals surface area contributed by atoms with Crippen LogP contribution in [-0.4, -0.2) is 73.8 Å². The van der Waals surface area contributed by atoms with E-state index in [4.69, 9.17) is 10.5 Å². The minimum absolute atomic E-state index is 0.0286. The van der Waals surface area contributed by atoms with E-state index in [0.29, 0.717) is 31.6 Å². The summed E-state index contributed by atoms with van der Waals surface area (Å²) in [5, 5.41) is 48.6. The first kappa shape index (κ1) is 28.2. The molecule has 2 fully saturated rings. The second-order valence-electron chi connectivity index (χ2n) is 12.1. The first-order valence-electron chi connectivity index (χ1n) is 14.3. The quantitative estimate of drug-likeness (QED) is 0.261. The molecule has 2 aromatic rings. The molecule has 0 unspecified atom stereocenters. The lowest BCUT2D eigenvalue weighted by molar-refractivity contribution is -0.150. The van der Waals surface area contributed by atoms with Gasteiger partial charge in [0.2, 0.25) is 5.78 Å². The van der Waals surface area contributed by atoms with Crippen molar-refractivity contribution in [1.82, 2.24) is 10.3 Å². The number of aromatic hydroxyl groups is 1. The molecular weight excluding hydrogens is 542 g/mol. The molecule has 3 aliphatic carbocycles. The van der Waals surface area contributed by atoms with Gasteiger partial charge in [-0.15, -0.1) is 0 Å². The molecule has 1 saturated carbocycles. The maximum atomic E-state index is 14.1. The number of nitrogens with two attached hydrogens (primary N) is 1. The van der Waals surface area contributed by atoms with Crippen molar-refractivity contribution in [1.29, 1.82) is 0 Å². The van der Waals surface area contributed by atoms with Crippen molar-refractivity contribution in [3.05, 3.63) is 58.0 Å². The molecule has 11 heteroatoms. The van der Waals surface area contributed by atoms with Crippen LogP contribution in [0.5, 0.6) is 5.75 Å². The Balaban J connectivity index is 1.49. The average Bonchev–Trinajstić information content (AvgIpc) is 3.44. The number of carbonyl (C=O) groups is 3. The Morgan fingerprint density at radius 2 is 1.88 bits per heavy atom. The normalized spacial score (nSPS) is 28.1. The highest BCUT2D eigenvalue weighted by Crippen LogP contribution is 2.53. The number of ketones is 2. The molecule has 0 bridgehead atoms. The van der Waals surface area contributed by atoms with E-state index in [1.807, 2.05) is 12.3 Å². The summed E-state index contributed by atoms with van der Waals surface area (Å²) in [4.78, 5) is 43.3. The minimum atomic E-state index is -2.68. The summed E-state index contributed by atoms with van der Waals surface area (Å²) in [6, 6.07) is 3.80. The van der Waals surface area contributed by atoms with E-state index in [0.717, 1.165) is 16.8 Å². The molecule has 42 heavy (non-hydrogen) atoms. The van der Waals surface area contributed by atoms with Gasteiger partial charge in [-0.3, -0.25) is 14.4 Å². The molecular formula is C31H35N3O8. The lowest BCUT2D eigenvalue weighted by Gasteiger charge is -2.49. The number of aromatic amines is 1. The molecule has 4 aliphatic rings. The molecule has 0 spiro atoms. The van der Waals surface area contributed by atoms with Gasteiger partial charge in [0.25, 0.3) is 5.91 Å². The van der Waals surface area contributed by atoms with Gasteiger partial charge in [-0.25, -0.2) is 0 Å². The smallest absolute Gasteiger partial charge is 0.255 e. The molecule has 1 aromatic heterocycles. The zero-order valence-electron chi connectivity index (χ0n) is 23.4. The summed E-state index contributed by atoms with van der Waals surface area (Å²) >= 11 is 0. The topological polar surface area (TPSA) is 195 Å². The van der Waals surface area contributed by atoms with Crippen molar-refractivity contribution in [2.75, 3.05) is 13.2 Å². The zero-order valence-corrected chi connectivity index (χ0v) is 23.4. The van der Waals surface area contributed by atoms with E-state index < -0.39 is 58.0 Å². The van der Waals surface area contributed by atoms with Crippen molar-refractivity contribution < 1.29 is 39.5 Å². The van der Waals surface area contributed by atoms with Gasteiger partial charge in [-0.1, -0.05) is 13.8 Å². The standard InChI is InChI=1S/C31H35N3O8/c1-13(2)15-11-20(33-12-15)17-3-4-21(35)23-18(17)9-14-10-19-25(34-16-5-7-42-8-6-16)27(37)24(30(32)40)29(39)31(19,41)28(38)22(14)26(23)36/h3-4,11-14,16,19,25,33-36,39,41H,5-10H2,1-2H3,(H2,32,40)/t14-,19-,25+,31-/m0/s1. The van der Waals surface area contributed by atoms with Crippen LogP contribution in [-0.2, 0) is 25.5 Å². The number of phenolic OH excluding ortho intramolecular Hbond substituents is 1. The largest absolute Gasteiger partial charge is 0.508 e. The number of aromatic nitrogens is 1. The summed E-state index contributed by atoms with van der Waals surface area (Å²) in [5.41, 5.74) is 5.06. The van der Waals surface area contributed by atoms with Crippen molar-refractivity contribution in [2.24, 2.45) is 17.6 Å². The van der Waals surface area contributed by atoms with E-state index >= 15 is 0 Å². The van der Waals surface area contributed by atoms with Gasteiger partial charge in [0.05, 0.1) is 11.6 Å². The molecule has 6 rings (SSSR count). The van der Waals surface area contributed by atoms with Gasteiger partial charge >= 0.3 is 0 Å². The van der Waals surface area contributed by atoms with Gasteiger partial charge in [-0.05, 0) is 66.8 Å². The van der Waals surface area contributed by atoms with Crippen LogP contribution in [0.1, 0.15) is 55.7 Å². The lowest BCUT2D eigenvalue weighted by atomic mass is 9.57. The van der Waals surface area contributed by atoms with Crippen LogP contribution in [0.25, 0.3) is 17.0 Å². The minimum Gasteiger partial charge on any atom is -0.508 e. The summed E-state index contributed by atoms with van der Waals surface area (Å²) in [5.74, 6) is -6.46. The number of nitrogens with one attached hydrogen (secondary N) is 2. The summed E-state index contributed by atoms with van der Waals surface area (Å²) < 4.78 is 5.41. The third-order valence-electron chi connectivity index (χ3n) is 9.38. The average molecular weight is 578 g/mol. The number of amides is 1. The number of phenols is 1. The second kappa shape index (κ2) is 10.1. The molecule has 1 aromatic carbocycles. The Labute approximate surface area is 242 Å². The first-order valence-corrected chi connectivity index (χ1v) is 14.3. The fraction of sp³-hybridized carbons (Fsp3) is 0.452. The monoisotopic (exact) mass is 577 g/mol. The molecule has 11 nitrogen and oxygen atoms in total. The summed E-state index contributed by atoms with van der Waals surface area (Å²) in [6.07, 6.45) is 3.30. The van der Waals surface area contributed by atoms with E-state index in [1.165, 1.54) is 6.07 Å². The van der Waals surface area contributed by atoms with Gasteiger partial charge in [0, 0.05) is 48.2 Å². The van der Waals surface area contributed by atoms with E-state index in [2.05, 4.69) is 24.1 Å². The maximum absolute atomic E-state index is 14.1. The highest BCUT2D eigenvalue weighted by Gasteiger charge is 2.64. The second-order valence-corrected chi connectivity index (χ2v) is 12.1. The lowest BCUT2D eigenvalue weighted by Crippen LogP contribution is -2.67. The fourth-order valence-corrected chi connectivity index (χ4v) is 7.14. The number of H-pyrrole nitrogens is 1. The van der Waals surface area contributed by atoms with Gasteiger partial charge in [0.1, 0.15) is 22.8 Å². The number of primary amides is 1. The van der Waals surface area contributed by atoms with Crippen LogP contribution in [0.2, 0.25) is 0 Å². The Hall–Kier alpha value is -3.93. The van der Waals surface area contributed by atoms with Gasteiger partial charge in [-0.2, -0.15) is 0 Å². The van der Waals surface area contributed by atoms with Crippen molar-refractivity contribution in [3.8, 4) is 17.0 Å². The van der Waals surface area contributed by atoms with Crippen molar-refractivity contribution in [2.45, 2.75) is 63.1 Å². The molecule has 2 heterocycles. The number of aliphatic hydroxyl groups is 3. The first-order chi connectivity index (χ1) is 19.9. The number of hydrogen-bond acceptors (Lipinski definition) is 9. The van der Waals surface area contributed by atoms with Crippen molar-refractivity contribution in [3.63, 3.8) is 0 Å². The van der Waals surface area contributed by atoms with Crippen LogP contribution in [0.15, 0.2) is 41.3 Å². The molecule has 222 valence electrons. The van der Waals surface area contributed by atoms with Crippen LogP contribution < -0.4 is 11.1 Å². The maximum Gasteiger partial charge on any atom is 0.255 e. The van der Waals surface area contributed by atoms with Crippen LogP contribution in [0.4, 0.5) is 0 Å². The van der Waals surface area contributed by atoms with Crippen LogP contribution >= 0.6 is 0 Å².